The van der Waals surface area contributed by atoms with Gasteiger partial charge >= 0.3 is 0 Å². The number of aliphatic imine (C=N–C) groups is 1. The van der Waals surface area contributed by atoms with Crippen LogP contribution >= 0.6 is 0 Å². The first-order chi connectivity index (χ1) is 16.4. The molecule has 0 N–H and O–H groups in total. The molecule has 2 aromatic rings. The zero-order valence-corrected chi connectivity index (χ0v) is 20.9. The van der Waals surface area contributed by atoms with Crippen LogP contribution in [0.25, 0.3) is 10.9 Å². The van der Waals surface area contributed by atoms with Gasteiger partial charge in [-0.2, -0.15) is 0 Å². The van der Waals surface area contributed by atoms with E-state index in [0.29, 0.717) is 18.3 Å². The van der Waals surface area contributed by atoms with E-state index < -0.39 is 0 Å². The van der Waals surface area contributed by atoms with Gasteiger partial charge in [0.15, 0.2) is 0 Å². The Labute approximate surface area is 202 Å². The van der Waals surface area contributed by atoms with E-state index in [-0.39, 0.29) is 5.82 Å². The van der Waals surface area contributed by atoms with Crippen molar-refractivity contribution in [3.63, 3.8) is 0 Å². The van der Waals surface area contributed by atoms with Crippen molar-refractivity contribution >= 4 is 16.6 Å². The predicted octanol–water partition coefficient (Wildman–Crippen LogP) is 7.87. The summed E-state index contributed by atoms with van der Waals surface area (Å²) < 4.78 is 13.5. The van der Waals surface area contributed by atoms with Crippen molar-refractivity contribution < 1.29 is 4.39 Å². The zero-order chi connectivity index (χ0) is 24.2. The number of hydrogen-bond donors (Lipinski definition) is 0. The summed E-state index contributed by atoms with van der Waals surface area (Å²) >= 11 is 0. The molecule has 0 bridgehead atoms. The smallest absolute Gasteiger partial charge is 0.129 e. The highest BCUT2D eigenvalue weighted by Crippen LogP contribution is 2.36. The lowest BCUT2D eigenvalue weighted by atomic mass is 9.89. The SMILES string of the molecule is CCC1=C(N=C(CCc2ncc3cc(F)ccc3n2)C(C)C)C2=C(C=CC1)C(C)C(C)=CC=C2. The van der Waals surface area contributed by atoms with Gasteiger partial charge in [-0.25, -0.2) is 14.4 Å². The van der Waals surface area contributed by atoms with E-state index >= 15 is 0 Å². The summed E-state index contributed by atoms with van der Waals surface area (Å²) in [7, 11) is 0. The highest BCUT2D eigenvalue weighted by Gasteiger charge is 2.21. The van der Waals surface area contributed by atoms with Gasteiger partial charge in [-0.1, -0.05) is 63.6 Å². The third-order valence-corrected chi connectivity index (χ3v) is 6.88. The van der Waals surface area contributed by atoms with Gasteiger partial charge in [0.25, 0.3) is 0 Å². The fourth-order valence-corrected chi connectivity index (χ4v) is 4.55. The third kappa shape index (κ3) is 5.16. The minimum atomic E-state index is -0.267. The number of halogens is 1. The maximum atomic E-state index is 13.5. The van der Waals surface area contributed by atoms with E-state index in [1.54, 1.807) is 12.3 Å². The normalized spacial score (nSPS) is 19.0. The lowest BCUT2D eigenvalue weighted by molar-refractivity contribution is 0.629. The van der Waals surface area contributed by atoms with Crippen LogP contribution in [0.4, 0.5) is 4.39 Å². The maximum absolute atomic E-state index is 13.5. The van der Waals surface area contributed by atoms with Gasteiger partial charge in [0.2, 0.25) is 0 Å². The van der Waals surface area contributed by atoms with E-state index in [9.17, 15) is 4.39 Å². The molecule has 34 heavy (non-hydrogen) atoms. The second-order valence-electron chi connectivity index (χ2n) is 9.52. The highest BCUT2D eigenvalue weighted by molar-refractivity contribution is 5.88. The molecular weight excluding hydrogens is 421 g/mol. The summed E-state index contributed by atoms with van der Waals surface area (Å²) in [5, 5.41) is 0.725. The number of aromatic nitrogens is 2. The molecule has 1 heterocycles. The number of benzene rings is 1. The van der Waals surface area contributed by atoms with E-state index in [2.05, 4.69) is 75.0 Å². The van der Waals surface area contributed by atoms with Crippen molar-refractivity contribution in [1.82, 2.24) is 9.97 Å². The Morgan fingerprint density at radius 1 is 1.24 bits per heavy atom. The molecule has 1 unspecified atom stereocenters. The molecule has 4 rings (SSSR count). The van der Waals surface area contributed by atoms with Gasteiger partial charge in [0.1, 0.15) is 11.6 Å². The minimum absolute atomic E-state index is 0.267. The van der Waals surface area contributed by atoms with Crippen LogP contribution in [0.2, 0.25) is 0 Å². The molecule has 0 radical (unpaired) electrons. The van der Waals surface area contributed by atoms with Gasteiger partial charge in [0, 0.05) is 35.2 Å². The van der Waals surface area contributed by atoms with Crippen molar-refractivity contribution in [3.05, 3.63) is 94.4 Å². The first-order valence-electron chi connectivity index (χ1n) is 12.3. The monoisotopic (exact) mass is 455 g/mol. The molecular formula is C30H34FN3. The highest BCUT2D eigenvalue weighted by atomic mass is 19.1. The molecule has 3 nitrogen and oxygen atoms in total. The number of fused-ring (bicyclic) bond motifs is 1. The van der Waals surface area contributed by atoms with Crippen LogP contribution in [0.5, 0.6) is 0 Å². The van der Waals surface area contributed by atoms with Crippen molar-refractivity contribution in [2.45, 2.75) is 60.3 Å². The summed E-state index contributed by atoms with van der Waals surface area (Å²) in [6, 6.07) is 4.64. The second kappa shape index (κ2) is 10.4. The van der Waals surface area contributed by atoms with Crippen LogP contribution < -0.4 is 0 Å². The Hall–Kier alpha value is -3.14. The number of nitrogens with zero attached hydrogens (tertiary/aromatic N) is 3. The Balaban J connectivity index is 1.68. The second-order valence-corrected chi connectivity index (χ2v) is 9.52. The fourth-order valence-electron chi connectivity index (χ4n) is 4.55. The fraction of sp³-hybridized carbons (Fsp3) is 0.367. The summed E-state index contributed by atoms with van der Waals surface area (Å²) in [6.45, 7) is 11.1. The maximum Gasteiger partial charge on any atom is 0.129 e. The molecule has 0 fully saturated rings. The molecule has 1 aromatic heterocycles. The largest absolute Gasteiger partial charge is 0.257 e. The van der Waals surface area contributed by atoms with Crippen molar-refractivity contribution in [2.24, 2.45) is 16.8 Å². The number of aryl methyl sites for hydroxylation is 1. The summed E-state index contributed by atoms with van der Waals surface area (Å²) in [4.78, 5) is 14.5. The topological polar surface area (TPSA) is 38.1 Å². The Morgan fingerprint density at radius 2 is 2.06 bits per heavy atom. The summed E-state index contributed by atoms with van der Waals surface area (Å²) in [6.07, 6.45) is 16.3. The van der Waals surface area contributed by atoms with E-state index in [1.165, 1.54) is 34.4 Å². The van der Waals surface area contributed by atoms with Crippen LogP contribution in [0.15, 0.2) is 87.8 Å². The zero-order valence-electron chi connectivity index (χ0n) is 20.9. The first-order valence-corrected chi connectivity index (χ1v) is 12.3. The van der Waals surface area contributed by atoms with Crippen molar-refractivity contribution in [1.29, 1.82) is 0 Å². The lowest BCUT2D eigenvalue weighted by Gasteiger charge is -2.19. The lowest BCUT2D eigenvalue weighted by Crippen LogP contribution is -2.12. The predicted molar refractivity (Wildman–Crippen MR) is 140 cm³/mol. The minimum Gasteiger partial charge on any atom is -0.257 e. The van der Waals surface area contributed by atoms with Crippen molar-refractivity contribution in [3.8, 4) is 0 Å². The van der Waals surface area contributed by atoms with E-state index in [1.807, 2.05) is 0 Å². The van der Waals surface area contributed by atoms with E-state index in [4.69, 9.17) is 4.99 Å². The molecule has 1 aromatic carbocycles. The van der Waals surface area contributed by atoms with Gasteiger partial charge < -0.3 is 0 Å². The first kappa shape index (κ1) is 24.0. The number of allylic oxidation sites excluding steroid dienone is 8. The Morgan fingerprint density at radius 3 is 2.82 bits per heavy atom. The van der Waals surface area contributed by atoms with Crippen LogP contribution in [0, 0.1) is 17.7 Å². The third-order valence-electron chi connectivity index (χ3n) is 6.88. The molecule has 4 heteroatoms. The van der Waals surface area contributed by atoms with Gasteiger partial charge in [-0.05, 0) is 61.4 Å². The quantitative estimate of drug-likeness (QED) is 0.416. The van der Waals surface area contributed by atoms with Gasteiger partial charge in [-0.3, -0.25) is 4.99 Å². The molecule has 0 saturated carbocycles. The molecule has 0 spiro atoms. The van der Waals surface area contributed by atoms with Gasteiger partial charge in [0.05, 0.1) is 11.2 Å². The number of hydrogen-bond acceptors (Lipinski definition) is 3. The Bertz CT molecular complexity index is 1270. The molecule has 0 saturated heterocycles. The standard InChI is InChI=1S/C30H34FN3/c1-6-22-10-8-11-25-21(5)20(4)9-7-12-26(25)30(22)34-27(19(2)3)15-16-29-32-18-23-17-24(31)13-14-28(23)33-29/h7-9,11-14,17-19,21H,6,10,15-16H2,1-5H3. The van der Waals surface area contributed by atoms with Gasteiger partial charge in [-0.15, -0.1) is 0 Å². The van der Waals surface area contributed by atoms with Crippen LogP contribution in [-0.2, 0) is 6.42 Å². The van der Waals surface area contributed by atoms with Crippen LogP contribution in [0.3, 0.4) is 0 Å². The van der Waals surface area contributed by atoms with Crippen molar-refractivity contribution in [2.75, 3.05) is 0 Å². The van der Waals surface area contributed by atoms with E-state index in [0.717, 1.165) is 47.4 Å². The average molecular weight is 456 g/mol. The molecule has 0 amide bonds. The van der Waals surface area contributed by atoms with Crippen LogP contribution in [0.1, 0.15) is 59.7 Å². The molecule has 1 atom stereocenters. The molecule has 2 aliphatic rings. The summed E-state index contributed by atoms with van der Waals surface area (Å²) in [5.74, 6) is 1.17. The van der Waals surface area contributed by atoms with Crippen LogP contribution in [-0.4, -0.2) is 15.7 Å². The number of rotatable bonds is 6. The average Bonchev–Trinajstić information content (AvgIpc) is 3.07. The molecule has 176 valence electrons. The molecule has 2 aliphatic carbocycles. The summed E-state index contributed by atoms with van der Waals surface area (Å²) in [5.41, 5.74) is 8.40. The Kier molecular flexibility index (Phi) is 7.35. The molecule has 0 aliphatic heterocycles.